The predicted octanol–water partition coefficient (Wildman–Crippen LogP) is 2.58. The summed E-state index contributed by atoms with van der Waals surface area (Å²) in [6.45, 7) is 1.21. The highest BCUT2D eigenvalue weighted by Crippen LogP contribution is 2.49. The van der Waals surface area contributed by atoms with Crippen molar-refractivity contribution >= 4 is 11.6 Å². The number of ether oxygens (including phenoxy) is 3. The third kappa shape index (κ3) is 2.47. The first-order valence-electron chi connectivity index (χ1n) is 6.50. The van der Waals surface area contributed by atoms with Gasteiger partial charge in [0, 0.05) is 24.5 Å². The molecule has 0 saturated heterocycles. The smallest absolute Gasteiger partial charge is 0.168 e. The Balaban J connectivity index is 2.08. The molecule has 19 heavy (non-hydrogen) atoms. The standard InChI is InChI=1S/C14H17ClO4/c1-17-12-9(8-14(16)3-4-14)13-11(7-10(12)15)18-5-2-6-19-13/h7,16H,2-6,8H2,1H3. The molecule has 0 bridgehead atoms. The van der Waals surface area contributed by atoms with Crippen LogP contribution in [0.1, 0.15) is 24.8 Å². The van der Waals surface area contributed by atoms with E-state index in [-0.39, 0.29) is 0 Å². The second-order valence-electron chi connectivity index (χ2n) is 5.15. The van der Waals surface area contributed by atoms with Gasteiger partial charge in [0.05, 0.1) is 30.9 Å². The molecule has 2 aliphatic rings. The van der Waals surface area contributed by atoms with Gasteiger partial charge >= 0.3 is 0 Å². The molecule has 1 aromatic carbocycles. The Morgan fingerprint density at radius 3 is 2.79 bits per heavy atom. The van der Waals surface area contributed by atoms with Crippen molar-refractivity contribution < 1.29 is 19.3 Å². The Labute approximate surface area is 117 Å². The zero-order chi connectivity index (χ0) is 13.5. The number of rotatable bonds is 3. The van der Waals surface area contributed by atoms with Crippen LogP contribution in [0.3, 0.4) is 0 Å². The second kappa shape index (κ2) is 4.76. The van der Waals surface area contributed by atoms with Gasteiger partial charge in [-0.3, -0.25) is 0 Å². The van der Waals surface area contributed by atoms with Crippen LogP contribution in [-0.4, -0.2) is 31.0 Å². The first kappa shape index (κ1) is 12.9. The third-order valence-electron chi connectivity index (χ3n) is 3.58. The fraction of sp³-hybridized carbons (Fsp3) is 0.571. The number of benzene rings is 1. The van der Waals surface area contributed by atoms with E-state index in [4.69, 9.17) is 25.8 Å². The average Bonchev–Trinajstić information content (AvgIpc) is 3.13. The Morgan fingerprint density at radius 2 is 2.11 bits per heavy atom. The first-order chi connectivity index (χ1) is 9.13. The summed E-state index contributed by atoms with van der Waals surface area (Å²) >= 11 is 6.23. The number of methoxy groups -OCH3 is 1. The van der Waals surface area contributed by atoms with Gasteiger partial charge in [-0.05, 0) is 12.8 Å². The molecule has 1 fully saturated rings. The van der Waals surface area contributed by atoms with Gasteiger partial charge in [0.15, 0.2) is 11.5 Å². The van der Waals surface area contributed by atoms with Crippen molar-refractivity contribution in [3.05, 3.63) is 16.7 Å². The van der Waals surface area contributed by atoms with Crippen molar-refractivity contribution in [1.29, 1.82) is 0 Å². The summed E-state index contributed by atoms with van der Waals surface area (Å²) in [5, 5.41) is 10.7. The van der Waals surface area contributed by atoms with Crippen molar-refractivity contribution in [2.75, 3.05) is 20.3 Å². The van der Waals surface area contributed by atoms with Crippen molar-refractivity contribution in [3.63, 3.8) is 0 Å². The van der Waals surface area contributed by atoms with Crippen LogP contribution in [0.5, 0.6) is 17.2 Å². The van der Waals surface area contributed by atoms with Gasteiger partial charge in [-0.25, -0.2) is 0 Å². The van der Waals surface area contributed by atoms with Gasteiger partial charge in [-0.15, -0.1) is 0 Å². The van der Waals surface area contributed by atoms with E-state index < -0.39 is 5.60 Å². The molecular formula is C14H17ClO4. The molecule has 1 heterocycles. The highest BCUT2D eigenvalue weighted by molar-refractivity contribution is 6.32. The molecule has 1 N–H and O–H groups in total. The van der Waals surface area contributed by atoms with Crippen LogP contribution >= 0.6 is 11.6 Å². The number of fused-ring (bicyclic) bond motifs is 1. The topological polar surface area (TPSA) is 47.9 Å². The number of hydrogen-bond acceptors (Lipinski definition) is 4. The van der Waals surface area contributed by atoms with E-state index in [2.05, 4.69) is 0 Å². The van der Waals surface area contributed by atoms with Crippen LogP contribution in [0.2, 0.25) is 5.02 Å². The fourth-order valence-electron chi connectivity index (χ4n) is 2.35. The minimum atomic E-state index is -0.638. The summed E-state index contributed by atoms with van der Waals surface area (Å²) in [7, 11) is 1.58. The van der Waals surface area contributed by atoms with Crippen molar-refractivity contribution in [2.24, 2.45) is 0 Å². The first-order valence-corrected chi connectivity index (χ1v) is 6.88. The van der Waals surface area contributed by atoms with Crippen LogP contribution in [0.25, 0.3) is 0 Å². The quantitative estimate of drug-likeness (QED) is 0.927. The molecule has 0 unspecified atom stereocenters. The molecule has 0 spiro atoms. The lowest BCUT2D eigenvalue weighted by atomic mass is 10.0. The van der Waals surface area contributed by atoms with Gasteiger partial charge in [0.2, 0.25) is 0 Å². The number of aliphatic hydroxyl groups is 1. The van der Waals surface area contributed by atoms with E-state index in [1.807, 2.05) is 0 Å². The SMILES string of the molecule is COc1c(Cl)cc2c(c1CC1(O)CC1)OCCCO2. The normalized spacial score (nSPS) is 19.7. The lowest BCUT2D eigenvalue weighted by Gasteiger charge is -2.19. The number of hydrogen-bond donors (Lipinski definition) is 1. The van der Waals surface area contributed by atoms with E-state index in [0.717, 1.165) is 24.8 Å². The van der Waals surface area contributed by atoms with Crippen LogP contribution in [-0.2, 0) is 6.42 Å². The van der Waals surface area contributed by atoms with E-state index in [9.17, 15) is 5.11 Å². The molecule has 1 aromatic rings. The second-order valence-corrected chi connectivity index (χ2v) is 5.56. The molecule has 1 aliphatic carbocycles. The lowest BCUT2D eigenvalue weighted by Crippen LogP contribution is -2.13. The fourth-order valence-corrected chi connectivity index (χ4v) is 2.64. The minimum absolute atomic E-state index is 0.489. The maximum Gasteiger partial charge on any atom is 0.168 e. The summed E-state index contributed by atoms with van der Waals surface area (Å²) in [4.78, 5) is 0. The molecule has 104 valence electrons. The predicted molar refractivity (Wildman–Crippen MR) is 71.5 cm³/mol. The molecule has 1 aliphatic heterocycles. The van der Waals surface area contributed by atoms with E-state index in [0.29, 0.717) is 41.9 Å². The molecule has 3 rings (SSSR count). The zero-order valence-corrected chi connectivity index (χ0v) is 11.6. The third-order valence-corrected chi connectivity index (χ3v) is 3.86. The molecule has 0 amide bonds. The maximum atomic E-state index is 10.2. The molecular weight excluding hydrogens is 268 g/mol. The van der Waals surface area contributed by atoms with Crippen molar-refractivity contribution in [1.82, 2.24) is 0 Å². The van der Waals surface area contributed by atoms with Crippen LogP contribution in [0.4, 0.5) is 0 Å². The Hall–Kier alpha value is -1.13. The summed E-state index contributed by atoms with van der Waals surface area (Å²) in [5.41, 5.74) is 0.174. The lowest BCUT2D eigenvalue weighted by molar-refractivity contribution is 0.148. The monoisotopic (exact) mass is 284 g/mol. The number of halogens is 1. The van der Waals surface area contributed by atoms with Crippen LogP contribution in [0.15, 0.2) is 6.07 Å². The zero-order valence-electron chi connectivity index (χ0n) is 10.9. The largest absolute Gasteiger partial charge is 0.495 e. The Kier molecular flexibility index (Phi) is 3.23. The highest BCUT2D eigenvalue weighted by Gasteiger charge is 2.42. The molecule has 1 saturated carbocycles. The van der Waals surface area contributed by atoms with E-state index >= 15 is 0 Å². The Bertz CT molecular complexity index is 497. The summed E-state index contributed by atoms with van der Waals surface area (Å²) < 4.78 is 16.8. The van der Waals surface area contributed by atoms with Gasteiger partial charge in [0.25, 0.3) is 0 Å². The Morgan fingerprint density at radius 1 is 1.37 bits per heavy atom. The summed E-state index contributed by atoms with van der Waals surface area (Å²) in [6.07, 6.45) is 2.93. The molecule has 0 radical (unpaired) electrons. The molecule has 0 aromatic heterocycles. The molecule has 4 nitrogen and oxygen atoms in total. The average molecular weight is 285 g/mol. The maximum absolute atomic E-state index is 10.2. The van der Waals surface area contributed by atoms with Gasteiger partial charge in [0.1, 0.15) is 5.75 Å². The van der Waals surface area contributed by atoms with Crippen molar-refractivity contribution in [2.45, 2.75) is 31.3 Å². The minimum Gasteiger partial charge on any atom is -0.495 e. The van der Waals surface area contributed by atoms with Gasteiger partial charge < -0.3 is 19.3 Å². The van der Waals surface area contributed by atoms with E-state index in [1.165, 1.54) is 0 Å². The summed E-state index contributed by atoms with van der Waals surface area (Å²) in [5.74, 6) is 1.88. The highest BCUT2D eigenvalue weighted by atomic mass is 35.5. The van der Waals surface area contributed by atoms with Crippen LogP contribution < -0.4 is 14.2 Å². The molecule has 0 atom stereocenters. The van der Waals surface area contributed by atoms with Crippen LogP contribution in [0, 0.1) is 0 Å². The molecule has 5 heteroatoms. The van der Waals surface area contributed by atoms with Crippen molar-refractivity contribution in [3.8, 4) is 17.2 Å². The van der Waals surface area contributed by atoms with E-state index in [1.54, 1.807) is 13.2 Å². The van der Waals surface area contributed by atoms with Gasteiger partial charge in [-0.1, -0.05) is 11.6 Å². The summed E-state index contributed by atoms with van der Waals surface area (Å²) in [6, 6.07) is 1.72. The van der Waals surface area contributed by atoms with Gasteiger partial charge in [-0.2, -0.15) is 0 Å².